The lowest BCUT2D eigenvalue weighted by Crippen LogP contribution is -2.18. The molecule has 6 nitrogen and oxygen atoms in total. The molecule has 3 rings (SSSR count). The first-order valence-corrected chi connectivity index (χ1v) is 7.47. The van der Waals surface area contributed by atoms with E-state index in [-0.39, 0.29) is 26.9 Å². The van der Waals surface area contributed by atoms with Gasteiger partial charge in [-0.2, -0.15) is 5.10 Å². The molecule has 24 heavy (non-hydrogen) atoms. The van der Waals surface area contributed by atoms with Crippen LogP contribution in [0.15, 0.2) is 57.0 Å². The Balaban J connectivity index is 1.80. The summed E-state index contributed by atoms with van der Waals surface area (Å²) in [6, 6.07) is 9.54. The van der Waals surface area contributed by atoms with Crippen LogP contribution in [0.4, 0.5) is 0 Å². The van der Waals surface area contributed by atoms with E-state index in [9.17, 15) is 9.59 Å². The number of amides is 1. The van der Waals surface area contributed by atoms with E-state index in [1.165, 1.54) is 24.6 Å². The van der Waals surface area contributed by atoms with E-state index in [1.807, 2.05) is 0 Å². The van der Waals surface area contributed by atoms with E-state index in [1.54, 1.807) is 24.3 Å². The number of carbonyl (C=O) groups is 1. The monoisotopic (exact) mass is 361 g/mol. The Morgan fingerprint density at radius 2 is 1.92 bits per heavy atom. The fraction of sp³-hybridized carbons (Fsp3) is 0. The Hall–Kier alpha value is -2.70. The van der Waals surface area contributed by atoms with E-state index in [4.69, 9.17) is 27.6 Å². The summed E-state index contributed by atoms with van der Waals surface area (Å²) in [4.78, 5) is 28.0. The molecule has 1 amide bonds. The summed E-state index contributed by atoms with van der Waals surface area (Å²) in [6.45, 7) is 0. The fourth-order valence-corrected chi connectivity index (χ4v) is 2.46. The largest absolute Gasteiger partial charge is 0.463 e. The average Bonchev–Trinajstić information content (AvgIpc) is 2.56. The highest BCUT2D eigenvalue weighted by Crippen LogP contribution is 2.14. The Morgan fingerprint density at radius 3 is 2.67 bits per heavy atom. The van der Waals surface area contributed by atoms with Crippen LogP contribution in [0, 0.1) is 0 Å². The highest BCUT2D eigenvalue weighted by molar-refractivity contribution is 6.33. The number of fused-ring (bicyclic) bond motifs is 1. The number of hydrogen-bond donors (Lipinski definition) is 1. The van der Waals surface area contributed by atoms with Crippen LogP contribution in [0.3, 0.4) is 0 Å². The molecule has 0 saturated heterocycles. The highest BCUT2D eigenvalue weighted by Gasteiger charge is 2.08. The van der Waals surface area contributed by atoms with Crippen molar-refractivity contribution in [2.45, 2.75) is 0 Å². The van der Waals surface area contributed by atoms with Gasteiger partial charge in [-0.3, -0.25) is 9.59 Å². The zero-order valence-corrected chi connectivity index (χ0v) is 13.5. The first-order valence-electron chi connectivity index (χ1n) is 6.71. The number of para-hydroxylation sites is 1. The molecule has 0 radical (unpaired) electrons. The standard InChI is InChI=1S/C16H9Cl2N3O3/c17-13-5-9(6-14(18)20-13)16(23)21-19-7-10-8-24-12-4-2-1-3-11(12)15(10)22/h1-8H,(H,21,23)/b19-7+. The van der Waals surface area contributed by atoms with Gasteiger partial charge in [-0.25, -0.2) is 10.4 Å². The first kappa shape index (κ1) is 16.2. The Kier molecular flexibility index (Phi) is 4.59. The predicted molar refractivity (Wildman–Crippen MR) is 91.8 cm³/mol. The van der Waals surface area contributed by atoms with Crippen molar-refractivity contribution < 1.29 is 9.21 Å². The van der Waals surface area contributed by atoms with Gasteiger partial charge in [-0.1, -0.05) is 35.3 Å². The molecule has 0 aliphatic carbocycles. The lowest BCUT2D eigenvalue weighted by molar-refractivity contribution is 0.0955. The Bertz CT molecular complexity index is 995. The molecule has 0 atom stereocenters. The summed E-state index contributed by atoms with van der Waals surface area (Å²) in [7, 11) is 0. The number of hydrogen-bond acceptors (Lipinski definition) is 5. The lowest BCUT2D eigenvalue weighted by Gasteiger charge is -2.01. The Morgan fingerprint density at radius 1 is 1.21 bits per heavy atom. The van der Waals surface area contributed by atoms with Crippen LogP contribution in [0.1, 0.15) is 15.9 Å². The Labute approximate surface area is 145 Å². The van der Waals surface area contributed by atoms with Gasteiger partial charge < -0.3 is 4.42 Å². The molecule has 0 spiro atoms. The van der Waals surface area contributed by atoms with Gasteiger partial charge in [0.1, 0.15) is 22.2 Å². The summed E-state index contributed by atoms with van der Waals surface area (Å²) < 4.78 is 5.35. The molecular formula is C16H9Cl2N3O3. The van der Waals surface area contributed by atoms with E-state index in [2.05, 4.69) is 15.5 Å². The molecule has 2 heterocycles. The molecule has 0 bridgehead atoms. The van der Waals surface area contributed by atoms with Crippen molar-refractivity contribution in [3.63, 3.8) is 0 Å². The zero-order chi connectivity index (χ0) is 17.1. The normalized spacial score (nSPS) is 11.1. The van der Waals surface area contributed by atoms with Gasteiger partial charge in [0.2, 0.25) is 5.43 Å². The second-order valence-electron chi connectivity index (χ2n) is 4.72. The molecule has 1 N–H and O–H groups in total. The van der Waals surface area contributed by atoms with Gasteiger partial charge >= 0.3 is 0 Å². The van der Waals surface area contributed by atoms with Crippen molar-refractivity contribution in [3.05, 3.63) is 74.3 Å². The molecule has 0 aliphatic heterocycles. The third kappa shape index (κ3) is 3.45. The van der Waals surface area contributed by atoms with Crippen molar-refractivity contribution in [1.29, 1.82) is 0 Å². The molecule has 3 aromatic rings. The first-order chi connectivity index (χ1) is 11.5. The molecule has 2 aromatic heterocycles. The van der Waals surface area contributed by atoms with Gasteiger partial charge in [0.25, 0.3) is 5.91 Å². The lowest BCUT2D eigenvalue weighted by atomic mass is 10.2. The second kappa shape index (κ2) is 6.82. The van der Waals surface area contributed by atoms with E-state index < -0.39 is 5.91 Å². The van der Waals surface area contributed by atoms with Gasteiger partial charge in [0.15, 0.2) is 0 Å². The van der Waals surface area contributed by atoms with Crippen LogP contribution < -0.4 is 10.9 Å². The maximum absolute atomic E-state index is 12.3. The summed E-state index contributed by atoms with van der Waals surface area (Å²) in [5, 5.41) is 4.36. The van der Waals surface area contributed by atoms with Gasteiger partial charge in [0, 0.05) is 5.56 Å². The average molecular weight is 362 g/mol. The molecule has 8 heteroatoms. The van der Waals surface area contributed by atoms with Crippen molar-refractivity contribution >= 4 is 46.3 Å². The third-order valence-corrected chi connectivity index (χ3v) is 3.49. The molecule has 0 aliphatic rings. The van der Waals surface area contributed by atoms with Crippen LogP contribution in [-0.2, 0) is 0 Å². The maximum atomic E-state index is 12.3. The summed E-state index contributed by atoms with van der Waals surface area (Å²) >= 11 is 11.5. The highest BCUT2D eigenvalue weighted by atomic mass is 35.5. The number of aromatic nitrogens is 1. The molecule has 1 aromatic carbocycles. The number of rotatable bonds is 3. The van der Waals surface area contributed by atoms with Crippen molar-refractivity contribution in [2.24, 2.45) is 5.10 Å². The van der Waals surface area contributed by atoms with Crippen LogP contribution in [-0.4, -0.2) is 17.1 Å². The van der Waals surface area contributed by atoms with Crippen LogP contribution in [0.25, 0.3) is 11.0 Å². The number of carbonyl (C=O) groups excluding carboxylic acids is 1. The summed E-state index contributed by atoms with van der Waals surface area (Å²) in [6.07, 6.45) is 2.49. The van der Waals surface area contributed by atoms with Gasteiger partial charge in [0.05, 0.1) is 17.2 Å². The minimum absolute atomic E-state index is 0.0896. The number of benzene rings is 1. The van der Waals surface area contributed by atoms with Gasteiger partial charge in [-0.15, -0.1) is 0 Å². The van der Waals surface area contributed by atoms with Gasteiger partial charge in [-0.05, 0) is 24.3 Å². The summed E-state index contributed by atoms with van der Waals surface area (Å²) in [5.41, 5.74) is 2.92. The topological polar surface area (TPSA) is 84.6 Å². The number of nitrogens with one attached hydrogen (secondary N) is 1. The maximum Gasteiger partial charge on any atom is 0.271 e. The van der Waals surface area contributed by atoms with Crippen molar-refractivity contribution in [2.75, 3.05) is 0 Å². The molecule has 120 valence electrons. The van der Waals surface area contributed by atoms with E-state index >= 15 is 0 Å². The quantitative estimate of drug-likeness (QED) is 0.440. The molecule has 0 saturated carbocycles. The van der Waals surface area contributed by atoms with Crippen molar-refractivity contribution in [3.8, 4) is 0 Å². The SMILES string of the molecule is O=C(N/N=C/c1coc2ccccc2c1=O)c1cc(Cl)nc(Cl)c1. The van der Waals surface area contributed by atoms with Crippen LogP contribution in [0.2, 0.25) is 10.3 Å². The van der Waals surface area contributed by atoms with E-state index in [0.717, 1.165) is 0 Å². The number of halogens is 2. The van der Waals surface area contributed by atoms with Crippen molar-refractivity contribution in [1.82, 2.24) is 10.4 Å². The zero-order valence-electron chi connectivity index (χ0n) is 12.0. The molecular weight excluding hydrogens is 353 g/mol. The fourth-order valence-electron chi connectivity index (χ4n) is 2.00. The van der Waals surface area contributed by atoms with Crippen LogP contribution in [0.5, 0.6) is 0 Å². The number of nitrogens with zero attached hydrogens (tertiary/aromatic N) is 2. The second-order valence-corrected chi connectivity index (χ2v) is 5.49. The molecule has 0 unspecified atom stereocenters. The predicted octanol–water partition coefficient (Wildman–Crippen LogP) is 3.26. The minimum Gasteiger partial charge on any atom is -0.463 e. The van der Waals surface area contributed by atoms with E-state index in [0.29, 0.717) is 11.0 Å². The number of hydrazone groups is 1. The smallest absolute Gasteiger partial charge is 0.271 e. The molecule has 0 fully saturated rings. The third-order valence-electron chi connectivity index (χ3n) is 3.10. The van der Waals surface area contributed by atoms with Crippen LogP contribution >= 0.6 is 23.2 Å². The number of pyridine rings is 1. The minimum atomic E-state index is -0.539. The summed E-state index contributed by atoms with van der Waals surface area (Å²) in [5.74, 6) is -0.539.